The average molecular weight is 320 g/mol. The number of aldehydes is 1. The zero-order valence-electron chi connectivity index (χ0n) is 11.6. The molecule has 22 heavy (non-hydrogen) atoms. The molecule has 0 radical (unpaired) electrons. The highest BCUT2D eigenvalue weighted by atomic mass is 35.5. The summed E-state index contributed by atoms with van der Waals surface area (Å²) in [4.78, 5) is 27.4. The van der Waals surface area contributed by atoms with Crippen LogP contribution in [0.4, 0.5) is 4.39 Å². The van der Waals surface area contributed by atoms with Gasteiger partial charge in [-0.2, -0.15) is 0 Å². The van der Waals surface area contributed by atoms with E-state index in [0.29, 0.717) is 28.4 Å². The van der Waals surface area contributed by atoms with Gasteiger partial charge in [0.15, 0.2) is 0 Å². The Morgan fingerprint density at radius 3 is 2.86 bits per heavy atom. The van der Waals surface area contributed by atoms with Crippen LogP contribution in [0.1, 0.15) is 0 Å². The van der Waals surface area contributed by atoms with E-state index in [0.717, 1.165) is 0 Å². The molecule has 1 aromatic carbocycles. The Balaban J connectivity index is 2.33. The van der Waals surface area contributed by atoms with Crippen LogP contribution in [0.25, 0.3) is 22.2 Å². The molecule has 0 bridgehead atoms. The van der Waals surface area contributed by atoms with Gasteiger partial charge in [0.2, 0.25) is 0 Å². The summed E-state index contributed by atoms with van der Waals surface area (Å²) in [5.41, 5.74) is 1.20. The molecule has 5 nitrogen and oxygen atoms in total. The van der Waals surface area contributed by atoms with Gasteiger partial charge in [-0.05, 0) is 17.7 Å². The van der Waals surface area contributed by atoms with Crippen molar-refractivity contribution >= 4 is 28.9 Å². The molecule has 0 aliphatic rings. The molecule has 2 heterocycles. The highest BCUT2D eigenvalue weighted by molar-refractivity contribution is 6.30. The van der Waals surface area contributed by atoms with Gasteiger partial charge in [-0.3, -0.25) is 9.36 Å². The Morgan fingerprint density at radius 2 is 2.18 bits per heavy atom. The maximum absolute atomic E-state index is 13.7. The molecule has 0 saturated heterocycles. The second-order valence-corrected chi connectivity index (χ2v) is 5.26. The van der Waals surface area contributed by atoms with Crippen molar-refractivity contribution in [3.8, 4) is 11.1 Å². The van der Waals surface area contributed by atoms with Crippen LogP contribution in [-0.4, -0.2) is 20.4 Å². The third kappa shape index (κ3) is 2.21. The summed E-state index contributed by atoms with van der Waals surface area (Å²) in [5, 5.41) is 0.356. The number of rotatable bonds is 3. The largest absolute Gasteiger partial charge is 0.335 e. The van der Waals surface area contributed by atoms with E-state index >= 15 is 0 Å². The molecule has 0 unspecified atom stereocenters. The Hall–Kier alpha value is -2.47. The van der Waals surface area contributed by atoms with Gasteiger partial charge in [-0.25, -0.2) is 9.37 Å². The lowest BCUT2D eigenvalue weighted by Crippen LogP contribution is -2.21. The number of carbonyl (C=O) groups excluding carboxylic acids is 1. The molecule has 0 aliphatic heterocycles. The Morgan fingerprint density at radius 1 is 1.41 bits per heavy atom. The van der Waals surface area contributed by atoms with Gasteiger partial charge in [0, 0.05) is 18.8 Å². The third-order valence-electron chi connectivity index (χ3n) is 3.45. The quantitative estimate of drug-likeness (QED) is 0.697. The van der Waals surface area contributed by atoms with Crippen LogP contribution in [0.5, 0.6) is 0 Å². The lowest BCUT2D eigenvalue weighted by Gasteiger charge is -2.03. The van der Waals surface area contributed by atoms with E-state index in [4.69, 9.17) is 11.6 Å². The van der Waals surface area contributed by atoms with Crippen molar-refractivity contribution < 1.29 is 9.18 Å². The molecule has 0 spiro atoms. The van der Waals surface area contributed by atoms with Crippen LogP contribution in [0.15, 0.2) is 35.5 Å². The van der Waals surface area contributed by atoms with Crippen molar-refractivity contribution in [1.29, 1.82) is 0 Å². The van der Waals surface area contributed by atoms with E-state index in [1.807, 2.05) is 0 Å². The van der Waals surface area contributed by atoms with Gasteiger partial charge in [0.05, 0.1) is 17.0 Å². The number of aromatic nitrogens is 3. The number of carbonyl (C=O) groups is 1. The summed E-state index contributed by atoms with van der Waals surface area (Å²) in [5.74, 6) is -0.562. The minimum absolute atomic E-state index is 0.0143. The molecular weight excluding hydrogens is 309 g/mol. The van der Waals surface area contributed by atoms with E-state index in [-0.39, 0.29) is 17.1 Å². The molecule has 0 N–H and O–H groups in total. The number of fused-ring (bicyclic) bond motifs is 1. The predicted octanol–water partition coefficient (Wildman–Crippen LogP) is 2.39. The van der Waals surface area contributed by atoms with Gasteiger partial charge in [0.1, 0.15) is 24.1 Å². The normalized spacial score (nSPS) is 11.0. The first-order valence-electron chi connectivity index (χ1n) is 6.46. The molecule has 0 saturated carbocycles. The van der Waals surface area contributed by atoms with Crippen molar-refractivity contribution in [2.45, 2.75) is 6.54 Å². The maximum atomic E-state index is 13.7. The average Bonchev–Trinajstić information content (AvgIpc) is 2.83. The minimum Gasteiger partial charge on any atom is -0.335 e. The maximum Gasteiger partial charge on any atom is 0.263 e. The Kier molecular flexibility index (Phi) is 3.54. The number of nitrogens with zero attached hydrogens (tertiary/aromatic N) is 3. The number of benzene rings is 1. The van der Waals surface area contributed by atoms with Crippen molar-refractivity contribution in [3.63, 3.8) is 0 Å². The van der Waals surface area contributed by atoms with Crippen molar-refractivity contribution in [2.75, 3.05) is 0 Å². The van der Waals surface area contributed by atoms with Crippen LogP contribution >= 0.6 is 11.6 Å². The van der Waals surface area contributed by atoms with E-state index in [1.165, 1.54) is 23.0 Å². The van der Waals surface area contributed by atoms with Crippen LogP contribution < -0.4 is 5.56 Å². The van der Waals surface area contributed by atoms with Crippen LogP contribution in [0, 0.1) is 5.82 Å². The zero-order valence-corrected chi connectivity index (χ0v) is 12.3. The Bertz CT molecular complexity index is 946. The standard InChI is InChI=1S/C15H11ClFN3O2/c1-19-7-10(9-2-3-11(16)12(17)6-9)13-14(19)18-8-20(4-5-21)15(13)22/h2-3,5-8H,4H2,1H3. The Labute approximate surface area is 129 Å². The molecule has 0 fully saturated rings. The number of hydrogen-bond acceptors (Lipinski definition) is 3. The lowest BCUT2D eigenvalue weighted by molar-refractivity contribution is -0.108. The van der Waals surface area contributed by atoms with Crippen LogP contribution in [0.3, 0.4) is 0 Å². The van der Waals surface area contributed by atoms with Gasteiger partial charge < -0.3 is 9.36 Å². The summed E-state index contributed by atoms with van der Waals surface area (Å²) in [6, 6.07) is 4.34. The molecule has 0 amide bonds. The second kappa shape index (κ2) is 5.38. The monoisotopic (exact) mass is 319 g/mol. The topological polar surface area (TPSA) is 56.9 Å². The van der Waals surface area contributed by atoms with Crippen molar-refractivity contribution in [3.05, 3.63) is 51.9 Å². The summed E-state index contributed by atoms with van der Waals surface area (Å²) in [6.45, 7) is -0.0783. The molecule has 7 heteroatoms. The highest BCUT2D eigenvalue weighted by Gasteiger charge is 2.16. The summed E-state index contributed by atoms with van der Waals surface area (Å²) >= 11 is 5.69. The van der Waals surface area contributed by atoms with Gasteiger partial charge in [-0.1, -0.05) is 17.7 Å². The molecule has 3 rings (SSSR count). The van der Waals surface area contributed by atoms with E-state index in [9.17, 15) is 14.0 Å². The summed E-state index contributed by atoms with van der Waals surface area (Å²) < 4.78 is 16.6. The minimum atomic E-state index is -0.562. The smallest absolute Gasteiger partial charge is 0.263 e. The van der Waals surface area contributed by atoms with E-state index in [2.05, 4.69) is 4.98 Å². The number of halogens is 2. The fourth-order valence-electron chi connectivity index (χ4n) is 2.40. The summed E-state index contributed by atoms with van der Waals surface area (Å²) in [7, 11) is 1.74. The first kappa shape index (κ1) is 14.5. The third-order valence-corrected chi connectivity index (χ3v) is 3.75. The molecule has 0 atom stereocenters. The SMILES string of the molecule is Cn1cc(-c2ccc(Cl)c(F)c2)c2c(=O)n(CC=O)cnc21. The molecule has 3 aromatic rings. The first-order chi connectivity index (χ1) is 10.5. The predicted molar refractivity (Wildman–Crippen MR) is 81.4 cm³/mol. The van der Waals surface area contributed by atoms with E-state index in [1.54, 1.807) is 23.9 Å². The lowest BCUT2D eigenvalue weighted by atomic mass is 10.1. The van der Waals surface area contributed by atoms with Crippen molar-refractivity contribution in [1.82, 2.24) is 14.1 Å². The van der Waals surface area contributed by atoms with E-state index < -0.39 is 5.82 Å². The van der Waals surface area contributed by atoms with Crippen LogP contribution in [0.2, 0.25) is 5.02 Å². The fraction of sp³-hybridized carbons (Fsp3) is 0.133. The van der Waals surface area contributed by atoms with Crippen molar-refractivity contribution in [2.24, 2.45) is 7.05 Å². The highest BCUT2D eigenvalue weighted by Crippen LogP contribution is 2.29. The molecule has 112 valence electrons. The molecular formula is C15H11ClFN3O2. The number of hydrogen-bond donors (Lipinski definition) is 0. The molecule has 0 aliphatic carbocycles. The fourth-order valence-corrected chi connectivity index (χ4v) is 2.51. The summed E-state index contributed by atoms with van der Waals surface area (Å²) in [6.07, 6.45) is 3.65. The molecule has 2 aromatic heterocycles. The van der Waals surface area contributed by atoms with Gasteiger partial charge >= 0.3 is 0 Å². The van der Waals surface area contributed by atoms with Crippen LogP contribution in [-0.2, 0) is 18.4 Å². The zero-order chi connectivity index (χ0) is 15.9. The van der Waals surface area contributed by atoms with Gasteiger partial charge in [-0.15, -0.1) is 0 Å². The second-order valence-electron chi connectivity index (χ2n) is 4.85. The van der Waals surface area contributed by atoms with Gasteiger partial charge in [0.25, 0.3) is 5.56 Å². The first-order valence-corrected chi connectivity index (χ1v) is 6.84. The number of aryl methyl sites for hydroxylation is 1.